The highest BCUT2D eigenvalue weighted by molar-refractivity contribution is 6.23. The third-order valence-electron chi connectivity index (χ3n) is 4.66. The second-order valence-corrected chi connectivity index (χ2v) is 7.48. The Morgan fingerprint density at radius 3 is 2.56 bits per heavy atom. The lowest BCUT2D eigenvalue weighted by molar-refractivity contribution is 0.0507. The number of carbonyl (C=O) groups is 1. The molecule has 144 valence electrons. The lowest BCUT2D eigenvalue weighted by atomic mass is 9.97. The number of halogens is 1. The highest BCUT2D eigenvalue weighted by atomic mass is 35.5. The van der Waals surface area contributed by atoms with Gasteiger partial charge in [0.2, 0.25) is 0 Å². The summed E-state index contributed by atoms with van der Waals surface area (Å²) in [6.07, 6.45) is 4.90. The third-order valence-corrected chi connectivity index (χ3v) is 5.12. The smallest absolute Gasteiger partial charge is 0.347 e. The molecule has 1 saturated carbocycles. The first-order valence-corrected chi connectivity index (χ1v) is 9.74. The number of nitrogens with one attached hydrogen (secondary N) is 1. The van der Waals surface area contributed by atoms with Gasteiger partial charge in [0.25, 0.3) is 5.56 Å². The van der Waals surface area contributed by atoms with Crippen molar-refractivity contribution < 1.29 is 14.3 Å². The Hall–Kier alpha value is -2.27. The predicted octanol–water partition coefficient (Wildman–Crippen LogP) is 4.42. The van der Waals surface area contributed by atoms with Crippen LogP contribution in [0.1, 0.15) is 60.6 Å². The maximum atomic E-state index is 12.6. The summed E-state index contributed by atoms with van der Waals surface area (Å²) < 4.78 is 11.1. The standard InChI is InChI=1S/C21H24ClNO4/c1-2-26-20(25)18-17(27-21(22)11-7-4-8-12-21)14-16(23-19(18)24)13-15-9-5-3-6-10-15/h3,5-6,9-10,14H,2,4,7-8,11-13H2,1H3,(H,23,24). The average Bonchev–Trinajstić information content (AvgIpc) is 2.62. The van der Waals surface area contributed by atoms with Crippen molar-refractivity contribution in [2.24, 2.45) is 0 Å². The lowest BCUT2D eigenvalue weighted by Gasteiger charge is -2.32. The van der Waals surface area contributed by atoms with Gasteiger partial charge >= 0.3 is 5.97 Å². The summed E-state index contributed by atoms with van der Waals surface area (Å²) >= 11 is 6.64. The number of hydrogen-bond donors (Lipinski definition) is 1. The van der Waals surface area contributed by atoms with Gasteiger partial charge in [0.05, 0.1) is 6.61 Å². The molecule has 3 rings (SSSR count). The van der Waals surface area contributed by atoms with Crippen LogP contribution in [-0.2, 0) is 11.2 Å². The van der Waals surface area contributed by atoms with Crippen LogP contribution in [0.3, 0.4) is 0 Å². The Balaban J connectivity index is 1.97. The number of esters is 1. The summed E-state index contributed by atoms with van der Waals surface area (Å²) in [5.41, 5.74) is 1.05. The van der Waals surface area contributed by atoms with E-state index in [1.54, 1.807) is 13.0 Å². The number of ether oxygens (including phenoxy) is 2. The molecule has 0 bridgehead atoms. The fourth-order valence-corrected chi connectivity index (χ4v) is 3.70. The largest absolute Gasteiger partial charge is 0.471 e. The summed E-state index contributed by atoms with van der Waals surface area (Å²) in [5.74, 6) is -0.504. The van der Waals surface area contributed by atoms with E-state index >= 15 is 0 Å². The Bertz CT molecular complexity index is 841. The van der Waals surface area contributed by atoms with Crippen molar-refractivity contribution in [1.29, 1.82) is 0 Å². The summed E-state index contributed by atoms with van der Waals surface area (Å²) in [6.45, 7) is 1.87. The summed E-state index contributed by atoms with van der Waals surface area (Å²) in [5, 5.41) is -0.892. The quantitative estimate of drug-likeness (QED) is 0.586. The second kappa shape index (κ2) is 8.61. The van der Waals surface area contributed by atoms with Crippen molar-refractivity contribution in [2.75, 3.05) is 6.61 Å². The lowest BCUT2D eigenvalue weighted by Crippen LogP contribution is -2.34. The van der Waals surface area contributed by atoms with Crippen LogP contribution in [0.15, 0.2) is 41.2 Å². The van der Waals surface area contributed by atoms with Gasteiger partial charge in [0.15, 0.2) is 10.6 Å². The van der Waals surface area contributed by atoms with E-state index in [0.717, 1.165) is 24.8 Å². The van der Waals surface area contributed by atoms with Gasteiger partial charge in [-0.25, -0.2) is 4.79 Å². The Kier molecular flexibility index (Phi) is 6.22. The van der Waals surface area contributed by atoms with E-state index in [2.05, 4.69) is 4.98 Å². The molecule has 0 amide bonds. The second-order valence-electron chi connectivity index (χ2n) is 6.79. The van der Waals surface area contributed by atoms with E-state index in [0.29, 0.717) is 25.0 Å². The molecule has 0 unspecified atom stereocenters. The molecule has 0 atom stereocenters. The number of aromatic amines is 1. The number of hydrogen-bond acceptors (Lipinski definition) is 4. The van der Waals surface area contributed by atoms with Crippen LogP contribution >= 0.6 is 11.6 Å². The van der Waals surface area contributed by atoms with Crippen molar-refractivity contribution in [3.63, 3.8) is 0 Å². The summed E-state index contributed by atoms with van der Waals surface area (Å²) in [6, 6.07) is 11.5. The zero-order valence-corrected chi connectivity index (χ0v) is 16.2. The number of rotatable bonds is 6. The van der Waals surface area contributed by atoms with Crippen molar-refractivity contribution >= 4 is 17.6 Å². The first-order chi connectivity index (χ1) is 13.0. The number of benzene rings is 1. The van der Waals surface area contributed by atoms with Crippen LogP contribution in [0.25, 0.3) is 0 Å². The number of alkyl halides is 1. The molecule has 27 heavy (non-hydrogen) atoms. The Labute approximate surface area is 163 Å². The number of pyridine rings is 1. The van der Waals surface area contributed by atoms with Gasteiger partial charge in [-0.2, -0.15) is 0 Å². The Morgan fingerprint density at radius 2 is 1.89 bits per heavy atom. The van der Waals surface area contributed by atoms with Gasteiger partial charge in [0, 0.05) is 31.0 Å². The number of carbonyl (C=O) groups excluding carboxylic acids is 1. The zero-order valence-electron chi connectivity index (χ0n) is 15.4. The van der Waals surface area contributed by atoms with Crippen LogP contribution in [0, 0.1) is 0 Å². The molecule has 1 N–H and O–H groups in total. The van der Waals surface area contributed by atoms with E-state index < -0.39 is 16.6 Å². The maximum Gasteiger partial charge on any atom is 0.347 e. The van der Waals surface area contributed by atoms with Gasteiger partial charge in [-0.1, -0.05) is 48.4 Å². The highest BCUT2D eigenvalue weighted by Crippen LogP contribution is 2.37. The molecule has 5 nitrogen and oxygen atoms in total. The molecule has 1 aliphatic rings. The van der Waals surface area contributed by atoms with Gasteiger partial charge in [0.1, 0.15) is 5.75 Å². The minimum absolute atomic E-state index is 0.126. The minimum Gasteiger partial charge on any atom is -0.471 e. The van der Waals surface area contributed by atoms with Crippen molar-refractivity contribution in [1.82, 2.24) is 4.98 Å². The van der Waals surface area contributed by atoms with E-state index in [4.69, 9.17) is 21.1 Å². The van der Waals surface area contributed by atoms with Gasteiger partial charge in [-0.05, 0) is 25.3 Å². The summed E-state index contributed by atoms with van der Waals surface area (Å²) in [7, 11) is 0. The molecule has 0 aliphatic heterocycles. The molecule has 0 radical (unpaired) electrons. The fourth-order valence-electron chi connectivity index (χ4n) is 3.35. The number of H-pyrrole nitrogens is 1. The van der Waals surface area contributed by atoms with E-state index in [1.807, 2.05) is 30.3 Å². The predicted molar refractivity (Wildman–Crippen MR) is 105 cm³/mol. The molecular weight excluding hydrogens is 366 g/mol. The monoisotopic (exact) mass is 389 g/mol. The molecule has 1 aliphatic carbocycles. The number of aromatic nitrogens is 1. The zero-order chi connectivity index (χ0) is 19.3. The molecule has 1 aromatic heterocycles. The summed E-state index contributed by atoms with van der Waals surface area (Å²) in [4.78, 5) is 27.7. The fraction of sp³-hybridized carbons (Fsp3) is 0.429. The van der Waals surface area contributed by atoms with Crippen molar-refractivity contribution in [3.8, 4) is 5.75 Å². The molecule has 2 aromatic rings. The van der Waals surface area contributed by atoms with Gasteiger partial charge < -0.3 is 14.5 Å². The van der Waals surface area contributed by atoms with Gasteiger partial charge in [-0.3, -0.25) is 4.79 Å². The molecule has 1 heterocycles. The first kappa shape index (κ1) is 19.5. The minimum atomic E-state index is -0.892. The topological polar surface area (TPSA) is 68.4 Å². The molecule has 0 saturated heterocycles. The van der Waals surface area contributed by atoms with Crippen molar-refractivity contribution in [3.05, 3.63) is 63.6 Å². The third kappa shape index (κ3) is 4.92. The Morgan fingerprint density at radius 1 is 1.19 bits per heavy atom. The van der Waals surface area contributed by atoms with Crippen LogP contribution < -0.4 is 10.3 Å². The molecule has 1 fully saturated rings. The normalized spacial score (nSPS) is 15.9. The van der Waals surface area contributed by atoms with Crippen LogP contribution in [0.2, 0.25) is 0 Å². The van der Waals surface area contributed by atoms with Crippen LogP contribution in [0.4, 0.5) is 0 Å². The molecule has 6 heteroatoms. The highest BCUT2D eigenvalue weighted by Gasteiger charge is 2.34. The maximum absolute atomic E-state index is 12.6. The SMILES string of the molecule is CCOC(=O)c1c(OC2(Cl)CCCCC2)cc(Cc2ccccc2)[nH]c1=O. The van der Waals surface area contributed by atoms with Crippen molar-refractivity contribution in [2.45, 2.75) is 50.5 Å². The molecule has 0 spiro atoms. The van der Waals surface area contributed by atoms with Gasteiger partial charge in [-0.15, -0.1) is 0 Å². The molecular formula is C21H24ClNO4. The van der Waals surface area contributed by atoms with E-state index in [1.165, 1.54) is 0 Å². The van der Waals surface area contributed by atoms with Crippen LogP contribution in [0.5, 0.6) is 5.75 Å². The first-order valence-electron chi connectivity index (χ1n) is 9.36. The van der Waals surface area contributed by atoms with Crippen LogP contribution in [-0.4, -0.2) is 22.6 Å². The molecule has 1 aromatic carbocycles. The van der Waals surface area contributed by atoms with E-state index in [-0.39, 0.29) is 17.9 Å². The van der Waals surface area contributed by atoms with E-state index in [9.17, 15) is 9.59 Å². The average molecular weight is 390 g/mol.